The number of nitrogens with one attached hydrogen (secondary N) is 1. The molecule has 2 rings (SSSR count). The van der Waals surface area contributed by atoms with Crippen LogP contribution >= 0.6 is 0 Å². The minimum Gasteiger partial charge on any atom is -0.319 e. The molecule has 0 saturated heterocycles. The van der Waals surface area contributed by atoms with Crippen molar-refractivity contribution in [2.75, 3.05) is 13.6 Å². The molecule has 0 aliphatic heterocycles. The minimum atomic E-state index is -0.367. The molecule has 2 unspecified atom stereocenters. The summed E-state index contributed by atoms with van der Waals surface area (Å²) < 4.78 is 27.2. The lowest BCUT2D eigenvalue weighted by Crippen LogP contribution is -2.17. The van der Waals surface area contributed by atoms with E-state index in [1.165, 1.54) is 18.2 Å². The van der Waals surface area contributed by atoms with E-state index in [4.69, 9.17) is 0 Å². The predicted molar refractivity (Wildman–Crippen MR) is 64.9 cm³/mol. The first-order chi connectivity index (χ1) is 7.85. The highest BCUT2D eigenvalue weighted by molar-refractivity contribution is 5.40. The lowest BCUT2D eigenvalue weighted by molar-refractivity contribution is 0.490. The summed E-state index contributed by atoms with van der Waals surface area (Å²) in [6.45, 7) is 7.06. The third-order valence-electron chi connectivity index (χ3n) is 4.72. The minimum absolute atomic E-state index is 0.00928. The first kappa shape index (κ1) is 12.5. The Labute approximate surface area is 101 Å². The van der Waals surface area contributed by atoms with E-state index in [1.807, 2.05) is 14.0 Å². The van der Waals surface area contributed by atoms with Crippen LogP contribution in [0.5, 0.6) is 0 Å². The van der Waals surface area contributed by atoms with Gasteiger partial charge in [-0.15, -0.1) is 0 Å². The van der Waals surface area contributed by atoms with Gasteiger partial charge < -0.3 is 5.32 Å². The number of halogens is 2. The zero-order valence-electron chi connectivity index (χ0n) is 10.8. The highest BCUT2D eigenvalue weighted by Gasteiger charge is 2.68. The van der Waals surface area contributed by atoms with Crippen LogP contribution in [0.4, 0.5) is 8.78 Å². The van der Waals surface area contributed by atoms with Crippen molar-refractivity contribution in [2.24, 2.45) is 11.3 Å². The third kappa shape index (κ3) is 1.60. The highest BCUT2D eigenvalue weighted by atomic mass is 19.1. The summed E-state index contributed by atoms with van der Waals surface area (Å²) in [5.74, 6) is -0.342. The molecule has 1 nitrogen and oxygen atoms in total. The summed E-state index contributed by atoms with van der Waals surface area (Å²) in [6.07, 6.45) is 0. The number of benzene rings is 1. The predicted octanol–water partition coefficient (Wildman–Crippen LogP) is 3.10. The molecule has 0 aromatic heterocycles. The van der Waals surface area contributed by atoms with Gasteiger partial charge in [0.1, 0.15) is 11.6 Å². The molecule has 0 bridgehead atoms. The van der Waals surface area contributed by atoms with Crippen LogP contribution in [0, 0.1) is 23.0 Å². The molecule has 17 heavy (non-hydrogen) atoms. The lowest BCUT2D eigenvalue weighted by Gasteiger charge is -2.16. The zero-order chi connectivity index (χ0) is 12.8. The van der Waals surface area contributed by atoms with E-state index in [-0.39, 0.29) is 22.5 Å². The molecule has 1 aliphatic carbocycles. The van der Waals surface area contributed by atoms with Gasteiger partial charge in [0.15, 0.2) is 0 Å². The van der Waals surface area contributed by atoms with E-state index in [9.17, 15) is 8.78 Å². The van der Waals surface area contributed by atoms with Crippen molar-refractivity contribution >= 4 is 0 Å². The molecule has 1 fully saturated rings. The summed E-state index contributed by atoms with van der Waals surface area (Å²) in [6, 6.07) is 3.73. The third-order valence-corrected chi connectivity index (χ3v) is 4.72. The summed E-state index contributed by atoms with van der Waals surface area (Å²) in [4.78, 5) is 0. The molecule has 1 saturated carbocycles. The van der Waals surface area contributed by atoms with Gasteiger partial charge in [0.05, 0.1) is 0 Å². The Bertz CT molecular complexity index is 442. The van der Waals surface area contributed by atoms with E-state index in [0.717, 1.165) is 6.54 Å². The van der Waals surface area contributed by atoms with Gasteiger partial charge in [0.2, 0.25) is 0 Å². The van der Waals surface area contributed by atoms with Gasteiger partial charge in [0.25, 0.3) is 0 Å². The quantitative estimate of drug-likeness (QED) is 0.854. The molecule has 1 aliphatic rings. The van der Waals surface area contributed by atoms with Crippen molar-refractivity contribution in [3.8, 4) is 0 Å². The summed E-state index contributed by atoms with van der Waals surface area (Å²) >= 11 is 0. The van der Waals surface area contributed by atoms with Gasteiger partial charge in [-0.25, -0.2) is 8.78 Å². The Morgan fingerprint density at radius 1 is 1.24 bits per heavy atom. The summed E-state index contributed by atoms with van der Waals surface area (Å²) in [5.41, 5.74) is 0.204. The van der Waals surface area contributed by atoms with Crippen LogP contribution in [0.15, 0.2) is 18.2 Å². The van der Waals surface area contributed by atoms with Gasteiger partial charge >= 0.3 is 0 Å². The summed E-state index contributed by atoms with van der Waals surface area (Å²) in [7, 11) is 1.89. The Morgan fingerprint density at radius 2 is 1.88 bits per heavy atom. The number of hydrogen-bond acceptors (Lipinski definition) is 1. The molecule has 0 heterocycles. The second-order valence-corrected chi connectivity index (χ2v) is 5.66. The first-order valence-electron chi connectivity index (χ1n) is 5.96. The first-order valence-corrected chi connectivity index (χ1v) is 5.96. The molecule has 0 spiro atoms. The Morgan fingerprint density at radius 3 is 2.47 bits per heavy atom. The molecule has 0 radical (unpaired) electrons. The van der Waals surface area contributed by atoms with Gasteiger partial charge in [-0.3, -0.25) is 0 Å². The lowest BCUT2D eigenvalue weighted by atomic mass is 9.89. The average Bonchev–Trinajstić information content (AvgIpc) is 2.69. The fraction of sp³-hybridized carbons (Fsp3) is 0.571. The molecule has 0 amide bonds. The van der Waals surface area contributed by atoms with E-state index in [2.05, 4.69) is 19.2 Å². The van der Waals surface area contributed by atoms with Gasteiger partial charge in [-0.1, -0.05) is 20.8 Å². The monoisotopic (exact) mass is 239 g/mol. The SMILES string of the molecule is CNCC1C(C)(C)C1(C)c1cc(F)ccc1F. The second kappa shape index (κ2) is 3.77. The maximum absolute atomic E-state index is 13.9. The van der Waals surface area contributed by atoms with Crippen molar-refractivity contribution < 1.29 is 8.78 Å². The zero-order valence-corrected chi connectivity index (χ0v) is 10.8. The molecule has 3 heteroatoms. The largest absolute Gasteiger partial charge is 0.319 e. The van der Waals surface area contributed by atoms with Crippen LogP contribution in [-0.2, 0) is 5.41 Å². The number of rotatable bonds is 3. The Hall–Kier alpha value is -0.960. The second-order valence-electron chi connectivity index (χ2n) is 5.66. The summed E-state index contributed by atoms with van der Waals surface area (Å²) in [5, 5.41) is 3.13. The molecular weight excluding hydrogens is 220 g/mol. The molecule has 1 aromatic carbocycles. The Balaban J connectivity index is 2.43. The van der Waals surface area contributed by atoms with Crippen LogP contribution in [-0.4, -0.2) is 13.6 Å². The van der Waals surface area contributed by atoms with E-state index >= 15 is 0 Å². The maximum atomic E-state index is 13.9. The van der Waals surface area contributed by atoms with Gasteiger partial charge in [-0.05, 0) is 48.7 Å². The van der Waals surface area contributed by atoms with E-state index < -0.39 is 0 Å². The molecular formula is C14H19F2N. The molecule has 1 N–H and O–H groups in total. The number of hydrogen-bond donors (Lipinski definition) is 1. The average molecular weight is 239 g/mol. The highest BCUT2D eigenvalue weighted by Crippen LogP contribution is 2.69. The topological polar surface area (TPSA) is 12.0 Å². The van der Waals surface area contributed by atoms with Crippen LogP contribution in [0.25, 0.3) is 0 Å². The van der Waals surface area contributed by atoms with Crippen molar-refractivity contribution in [2.45, 2.75) is 26.2 Å². The molecule has 94 valence electrons. The fourth-order valence-electron chi connectivity index (χ4n) is 3.20. The van der Waals surface area contributed by atoms with Crippen LogP contribution in [0.1, 0.15) is 26.3 Å². The van der Waals surface area contributed by atoms with Crippen LogP contribution in [0.3, 0.4) is 0 Å². The van der Waals surface area contributed by atoms with Crippen molar-refractivity contribution in [3.63, 3.8) is 0 Å². The molecule has 1 aromatic rings. The van der Waals surface area contributed by atoms with E-state index in [0.29, 0.717) is 11.5 Å². The standard InChI is InChI=1S/C14H19F2N/c1-13(2)12(8-17-4)14(13,3)10-7-9(15)5-6-11(10)16/h5-7,12,17H,8H2,1-4H3. The van der Waals surface area contributed by atoms with Crippen molar-refractivity contribution in [1.29, 1.82) is 0 Å². The van der Waals surface area contributed by atoms with Gasteiger partial charge in [0, 0.05) is 5.41 Å². The van der Waals surface area contributed by atoms with Crippen molar-refractivity contribution in [3.05, 3.63) is 35.4 Å². The normalized spacial score (nSPS) is 30.4. The smallest absolute Gasteiger partial charge is 0.127 e. The van der Waals surface area contributed by atoms with Gasteiger partial charge in [-0.2, -0.15) is 0 Å². The van der Waals surface area contributed by atoms with E-state index in [1.54, 1.807) is 0 Å². The maximum Gasteiger partial charge on any atom is 0.127 e. The Kier molecular flexibility index (Phi) is 2.77. The molecule has 2 atom stereocenters. The van der Waals surface area contributed by atoms with Crippen molar-refractivity contribution in [1.82, 2.24) is 5.32 Å². The van der Waals surface area contributed by atoms with Crippen LogP contribution in [0.2, 0.25) is 0 Å². The van der Waals surface area contributed by atoms with Crippen LogP contribution < -0.4 is 5.32 Å². The fourth-order valence-corrected chi connectivity index (χ4v) is 3.20.